The van der Waals surface area contributed by atoms with Crippen LogP contribution in [0.15, 0.2) is 23.6 Å². The van der Waals surface area contributed by atoms with Gasteiger partial charge in [-0.1, -0.05) is 40.0 Å². The summed E-state index contributed by atoms with van der Waals surface area (Å²) in [6, 6.07) is 5.68. The highest BCUT2D eigenvalue weighted by Gasteiger charge is 2.64. The van der Waals surface area contributed by atoms with Crippen LogP contribution >= 0.6 is 11.3 Å². The van der Waals surface area contributed by atoms with Crippen LogP contribution in [-0.2, 0) is 24.4 Å². The molecule has 3 aliphatic carbocycles. The number of aryl methyl sites for hydroxylation is 1. The van der Waals surface area contributed by atoms with Gasteiger partial charge in [-0.25, -0.2) is 18.4 Å². The molecule has 14 heteroatoms. The van der Waals surface area contributed by atoms with Crippen molar-refractivity contribution >= 4 is 50.0 Å². The summed E-state index contributed by atoms with van der Waals surface area (Å²) in [5, 5.41) is 6.06. The van der Waals surface area contributed by atoms with Crippen molar-refractivity contribution in [2.75, 3.05) is 20.7 Å². The number of pyridine rings is 1. The molecule has 1 saturated heterocycles. The minimum atomic E-state index is -3.82. The third kappa shape index (κ3) is 7.37. The molecule has 12 nitrogen and oxygen atoms in total. The molecule has 0 bridgehead atoms. The number of hydrogen-bond donors (Lipinski definition) is 2. The first-order valence-corrected chi connectivity index (χ1v) is 21.4. The molecular weight excluding hydrogens is 715 g/mol. The molecule has 4 aliphatic rings. The lowest BCUT2D eigenvalue weighted by Crippen LogP contribution is -2.55. The molecule has 2 N–H and O–H groups in total. The lowest BCUT2D eigenvalue weighted by Gasteiger charge is -2.28. The summed E-state index contributed by atoms with van der Waals surface area (Å²) in [6.07, 6.45) is 4.98. The van der Waals surface area contributed by atoms with Gasteiger partial charge in [-0.15, -0.1) is 11.3 Å². The second-order valence-electron chi connectivity index (χ2n) is 16.0. The van der Waals surface area contributed by atoms with Crippen LogP contribution in [0.2, 0.25) is 0 Å². The molecule has 3 heterocycles. The topological polar surface area (TPSA) is 157 Å². The molecule has 1 aromatic carbocycles. The van der Waals surface area contributed by atoms with Crippen LogP contribution in [0.4, 0.5) is 0 Å². The largest absolute Gasteiger partial charge is 0.496 e. The van der Waals surface area contributed by atoms with Gasteiger partial charge < -0.3 is 19.7 Å². The molecule has 6 atom stereocenters. The third-order valence-electron chi connectivity index (χ3n) is 11.8. The van der Waals surface area contributed by atoms with Crippen LogP contribution in [0.3, 0.4) is 0 Å². The number of hydrogen-bond acceptors (Lipinski definition) is 10. The maximum atomic E-state index is 14.4. The third-order valence-corrected chi connectivity index (χ3v) is 14.5. The number of nitrogens with one attached hydrogen (secondary N) is 2. The van der Waals surface area contributed by atoms with Crippen LogP contribution in [0.25, 0.3) is 21.6 Å². The fourth-order valence-corrected chi connectivity index (χ4v) is 10.6. The quantitative estimate of drug-likeness (QED) is 0.293. The number of ether oxygens (including phenoxy) is 2. The Morgan fingerprint density at radius 3 is 2.53 bits per heavy atom. The molecule has 4 fully saturated rings. The number of benzene rings is 1. The zero-order valence-corrected chi connectivity index (χ0v) is 33.1. The second kappa shape index (κ2) is 14.5. The molecular formula is C39H51N5O7S2. The van der Waals surface area contributed by atoms with Crippen molar-refractivity contribution in [1.82, 2.24) is 24.9 Å². The van der Waals surface area contributed by atoms with Gasteiger partial charge in [0, 0.05) is 36.0 Å². The maximum Gasteiger partial charge on any atom is 0.259 e. The minimum Gasteiger partial charge on any atom is -0.496 e. The second-order valence-corrected chi connectivity index (χ2v) is 18.8. The average molecular weight is 766 g/mol. The smallest absolute Gasteiger partial charge is 0.259 e. The molecule has 286 valence electrons. The van der Waals surface area contributed by atoms with Crippen molar-refractivity contribution < 1.29 is 32.3 Å². The average Bonchev–Trinajstić information content (AvgIpc) is 4.01. The number of amides is 3. The van der Waals surface area contributed by atoms with Crippen molar-refractivity contribution in [3.05, 3.63) is 34.8 Å². The van der Waals surface area contributed by atoms with E-state index < -0.39 is 50.6 Å². The molecule has 0 radical (unpaired) electrons. The number of carbonyl (C=O) groups is 3. The Bertz CT molecular complexity index is 2030. The lowest BCUT2D eigenvalue weighted by atomic mass is 9.91. The number of sulfonamides is 1. The van der Waals surface area contributed by atoms with Gasteiger partial charge >= 0.3 is 0 Å². The Labute approximate surface area is 315 Å². The van der Waals surface area contributed by atoms with Gasteiger partial charge in [0.25, 0.3) is 5.91 Å². The fourth-order valence-electron chi connectivity index (χ4n) is 8.32. The molecule has 0 spiro atoms. The summed E-state index contributed by atoms with van der Waals surface area (Å²) >= 11 is 1.52. The predicted octanol–water partition coefficient (Wildman–Crippen LogP) is 5.72. The van der Waals surface area contributed by atoms with Gasteiger partial charge in [-0.2, -0.15) is 0 Å². The Balaban J connectivity index is 1.21. The minimum absolute atomic E-state index is 0.105. The van der Waals surface area contributed by atoms with Crippen LogP contribution in [0.5, 0.6) is 11.5 Å². The first-order chi connectivity index (χ1) is 25.2. The summed E-state index contributed by atoms with van der Waals surface area (Å²) in [5.41, 5.74) is 1.87. The number of fused-ring (bicyclic) bond motifs is 3. The van der Waals surface area contributed by atoms with Crippen LogP contribution in [0, 0.1) is 30.6 Å². The highest BCUT2D eigenvalue weighted by atomic mass is 32.2. The zero-order chi connectivity index (χ0) is 37.8. The first-order valence-electron chi connectivity index (χ1n) is 19.0. The van der Waals surface area contributed by atoms with Crippen LogP contribution < -0.4 is 19.5 Å². The summed E-state index contributed by atoms with van der Waals surface area (Å²) in [5.74, 6) is -1.24. The van der Waals surface area contributed by atoms with Gasteiger partial charge in [0.05, 0.1) is 35.4 Å². The van der Waals surface area contributed by atoms with E-state index in [1.54, 1.807) is 19.1 Å². The van der Waals surface area contributed by atoms with Gasteiger partial charge in [0.1, 0.15) is 33.8 Å². The number of thiazole rings is 1. The summed E-state index contributed by atoms with van der Waals surface area (Å²) in [7, 11) is -0.413. The highest BCUT2D eigenvalue weighted by molar-refractivity contribution is 7.91. The SMILES string of the molecule is COc1ccc2c(O[C@H]3C[C@@H]4C(=O)N[C@]5(C(=O)NS(=O)(=O)C6CC6)C[C@H]5C(C)CCCCCN(C)C(=O)[C@H]4C3)cc(-c3nc(C(C)C)cs3)nc2c1C. The molecule has 1 unspecified atom stereocenters. The number of nitrogens with zero attached hydrogens (tertiary/aromatic N) is 3. The first kappa shape index (κ1) is 37.5. The monoisotopic (exact) mass is 765 g/mol. The van der Waals surface area contributed by atoms with E-state index in [1.807, 2.05) is 30.5 Å². The normalized spacial score (nSPS) is 28.2. The number of methoxy groups -OCH3 is 1. The zero-order valence-electron chi connectivity index (χ0n) is 31.4. The Morgan fingerprint density at radius 1 is 1.08 bits per heavy atom. The van der Waals surface area contributed by atoms with E-state index in [4.69, 9.17) is 19.4 Å². The highest BCUT2D eigenvalue weighted by Crippen LogP contribution is 2.51. The van der Waals surface area contributed by atoms with Gasteiger partial charge in [0.2, 0.25) is 21.8 Å². The van der Waals surface area contributed by atoms with E-state index in [1.165, 1.54) is 11.3 Å². The predicted molar refractivity (Wildman–Crippen MR) is 203 cm³/mol. The molecule has 53 heavy (non-hydrogen) atoms. The van der Waals surface area contributed by atoms with E-state index >= 15 is 0 Å². The van der Waals surface area contributed by atoms with Crippen molar-refractivity contribution in [2.45, 2.75) is 108 Å². The Hall–Kier alpha value is -3.78. The Morgan fingerprint density at radius 2 is 1.83 bits per heavy atom. The number of carbonyl (C=O) groups excluding carboxylic acids is 3. The van der Waals surface area contributed by atoms with E-state index in [9.17, 15) is 22.8 Å². The number of aromatic nitrogens is 2. The van der Waals surface area contributed by atoms with Crippen molar-refractivity contribution in [3.63, 3.8) is 0 Å². The van der Waals surface area contributed by atoms with Crippen molar-refractivity contribution in [3.8, 4) is 22.2 Å². The molecule has 7 rings (SSSR count). The molecule has 3 aromatic rings. The van der Waals surface area contributed by atoms with Gasteiger partial charge in [-0.05, 0) is 75.3 Å². The molecule has 3 saturated carbocycles. The van der Waals surface area contributed by atoms with E-state index in [0.29, 0.717) is 54.9 Å². The van der Waals surface area contributed by atoms with E-state index in [0.717, 1.165) is 47.3 Å². The summed E-state index contributed by atoms with van der Waals surface area (Å²) < 4.78 is 40.5. The van der Waals surface area contributed by atoms with E-state index in [-0.39, 0.29) is 30.1 Å². The summed E-state index contributed by atoms with van der Waals surface area (Å²) in [4.78, 5) is 53.9. The molecule has 3 amide bonds. The number of rotatable bonds is 8. The molecule has 1 aliphatic heterocycles. The van der Waals surface area contributed by atoms with E-state index in [2.05, 4.69) is 30.8 Å². The van der Waals surface area contributed by atoms with Gasteiger partial charge in [-0.3, -0.25) is 19.1 Å². The Kier molecular flexibility index (Phi) is 10.2. The van der Waals surface area contributed by atoms with Gasteiger partial charge in [0.15, 0.2) is 0 Å². The van der Waals surface area contributed by atoms with Crippen molar-refractivity contribution in [2.24, 2.45) is 23.7 Å². The van der Waals surface area contributed by atoms with Crippen LogP contribution in [0.1, 0.15) is 95.7 Å². The lowest BCUT2D eigenvalue weighted by molar-refractivity contribution is -0.140. The molecule has 2 aromatic heterocycles. The summed E-state index contributed by atoms with van der Waals surface area (Å²) in [6.45, 7) is 8.81. The van der Waals surface area contributed by atoms with Crippen LogP contribution in [-0.4, -0.2) is 78.6 Å². The standard InChI is InChI=1S/C39H51N5O7S2/c1-21(2)31-20-52-36(41-31)30-18-33(26-13-14-32(50-6)23(4)34(26)40-30)51-24-16-27-28(17-24)37(46)44(5)15-9-7-8-10-22(3)29-19-39(29,42-35(27)45)38(47)43-53(48,49)25-11-12-25/h13-14,18,20-22,24-25,27-29H,7-12,15-17,19H2,1-6H3,(H,42,45)(H,43,47)/t22?,24-,27-,28-,29-,39+/m0/s1. The fraction of sp³-hybridized carbons (Fsp3) is 0.615. The van der Waals surface area contributed by atoms with Crippen molar-refractivity contribution in [1.29, 1.82) is 0 Å². The maximum absolute atomic E-state index is 14.4.